The zero-order valence-corrected chi connectivity index (χ0v) is 16.3. The summed E-state index contributed by atoms with van der Waals surface area (Å²) >= 11 is 0. The smallest absolute Gasteiger partial charge is 0.227 e. The van der Waals surface area contributed by atoms with Gasteiger partial charge in [0, 0.05) is 26.1 Å². The first kappa shape index (κ1) is 19.9. The second-order valence-electron chi connectivity index (χ2n) is 6.86. The fourth-order valence-corrected chi connectivity index (χ4v) is 3.22. The summed E-state index contributed by atoms with van der Waals surface area (Å²) in [7, 11) is 1.58. The number of methoxy groups -OCH3 is 1. The molecule has 0 aliphatic carbocycles. The minimum Gasteiger partial charge on any atom is -0.495 e. The quantitative estimate of drug-likeness (QED) is 0.670. The van der Waals surface area contributed by atoms with Gasteiger partial charge in [0.1, 0.15) is 18.1 Å². The third-order valence-electron chi connectivity index (χ3n) is 4.71. The Balaban J connectivity index is 1.44. The molecule has 7 heteroatoms. The summed E-state index contributed by atoms with van der Waals surface area (Å²) in [6.45, 7) is 3.78. The van der Waals surface area contributed by atoms with Crippen LogP contribution in [0.25, 0.3) is 0 Å². The van der Waals surface area contributed by atoms with Gasteiger partial charge >= 0.3 is 0 Å². The van der Waals surface area contributed by atoms with E-state index in [1.165, 1.54) is 0 Å². The van der Waals surface area contributed by atoms with Crippen molar-refractivity contribution in [2.24, 2.45) is 5.92 Å². The number of furan rings is 1. The van der Waals surface area contributed by atoms with Gasteiger partial charge in [-0.15, -0.1) is 0 Å². The Morgan fingerprint density at radius 1 is 1.36 bits per heavy atom. The van der Waals surface area contributed by atoms with Gasteiger partial charge in [-0.3, -0.25) is 9.59 Å². The van der Waals surface area contributed by atoms with Gasteiger partial charge < -0.3 is 24.1 Å². The third-order valence-corrected chi connectivity index (χ3v) is 4.71. The number of carbonyl (C=O) groups excluding carboxylic acids is 2. The van der Waals surface area contributed by atoms with Crippen LogP contribution < -0.4 is 15.0 Å². The van der Waals surface area contributed by atoms with E-state index in [4.69, 9.17) is 13.9 Å². The van der Waals surface area contributed by atoms with Crippen molar-refractivity contribution in [2.75, 3.05) is 31.7 Å². The molecule has 1 aromatic heterocycles. The molecule has 1 unspecified atom stereocenters. The van der Waals surface area contributed by atoms with Gasteiger partial charge in [-0.2, -0.15) is 0 Å². The average Bonchev–Trinajstić information content (AvgIpc) is 3.34. The molecule has 0 radical (unpaired) electrons. The molecule has 1 atom stereocenters. The number of hydrogen-bond acceptors (Lipinski definition) is 5. The second kappa shape index (κ2) is 9.41. The maximum Gasteiger partial charge on any atom is 0.227 e. The highest BCUT2D eigenvalue weighted by molar-refractivity contribution is 6.01. The largest absolute Gasteiger partial charge is 0.495 e. The Morgan fingerprint density at radius 2 is 2.21 bits per heavy atom. The van der Waals surface area contributed by atoms with Crippen molar-refractivity contribution >= 4 is 17.5 Å². The molecule has 1 aliphatic rings. The standard InChI is InChI=1S/C21H26N2O5/c1-15-6-7-19(26-2)18(11-15)23-13-16(12-20(23)24)21(25)22-8-4-9-27-14-17-5-3-10-28-17/h3,5-7,10-11,16H,4,8-9,12-14H2,1-2H3,(H,22,25). The number of anilines is 1. The third kappa shape index (κ3) is 4.92. The van der Waals surface area contributed by atoms with Crippen LogP contribution in [0.3, 0.4) is 0 Å². The molecule has 2 amide bonds. The van der Waals surface area contributed by atoms with Crippen molar-refractivity contribution in [1.82, 2.24) is 5.32 Å². The highest BCUT2D eigenvalue weighted by Gasteiger charge is 2.36. The first-order chi connectivity index (χ1) is 13.6. The molecule has 1 saturated heterocycles. The fourth-order valence-electron chi connectivity index (χ4n) is 3.22. The Bertz CT molecular complexity index is 803. The van der Waals surface area contributed by atoms with E-state index in [2.05, 4.69) is 5.32 Å². The van der Waals surface area contributed by atoms with Crippen molar-refractivity contribution < 1.29 is 23.5 Å². The molecule has 28 heavy (non-hydrogen) atoms. The summed E-state index contributed by atoms with van der Waals surface area (Å²) in [4.78, 5) is 26.5. The lowest BCUT2D eigenvalue weighted by atomic mass is 10.1. The minimum absolute atomic E-state index is 0.0640. The van der Waals surface area contributed by atoms with Gasteiger partial charge in [-0.05, 0) is 43.2 Å². The van der Waals surface area contributed by atoms with E-state index < -0.39 is 0 Å². The Morgan fingerprint density at radius 3 is 2.96 bits per heavy atom. The van der Waals surface area contributed by atoms with Crippen LogP contribution in [0.1, 0.15) is 24.2 Å². The summed E-state index contributed by atoms with van der Waals surface area (Å²) in [5.74, 6) is 0.884. The molecule has 1 aliphatic heterocycles. The van der Waals surface area contributed by atoms with E-state index in [1.54, 1.807) is 18.3 Å². The zero-order chi connectivity index (χ0) is 19.9. The van der Waals surface area contributed by atoms with Crippen molar-refractivity contribution in [1.29, 1.82) is 0 Å². The van der Waals surface area contributed by atoms with E-state index in [1.807, 2.05) is 37.3 Å². The van der Waals surface area contributed by atoms with Crippen molar-refractivity contribution in [3.8, 4) is 5.75 Å². The van der Waals surface area contributed by atoms with Gasteiger partial charge in [0.2, 0.25) is 11.8 Å². The topological polar surface area (TPSA) is 81.0 Å². The normalized spacial score (nSPS) is 16.4. The van der Waals surface area contributed by atoms with Crippen LogP contribution in [0.4, 0.5) is 5.69 Å². The van der Waals surface area contributed by atoms with Crippen molar-refractivity contribution in [3.05, 3.63) is 47.9 Å². The Hall–Kier alpha value is -2.80. The van der Waals surface area contributed by atoms with Crippen molar-refractivity contribution in [2.45, 2.75) is 26.4 Å². The van der Waals surface area contributed by atoms with Crippen LogP contribution in [0.2, 0.25) is 0 Å². The second-order valence-corrected chi connectivity index (χ2v) is 6.86. The molecule has 1 aromatic carbocycles. The molecule has 0 bridgehead atoms. The first-order valence-corrected chi connectivity index (χ1v) is 9.41. The molecular formula is C21H26N2O5. The lowest BCUT2D eigenvalue weighted by molar-refractivity contribution is -0.126. The molecule has 2 heterocycles. The van der Waals surface area contributed by atoms with Gasteiger partial charge in [0.05, 0.1) is 25.0 Å². The summed E-state index contributed by atoms with van der Waals surface area (Å²) in [6.07, 6.45) is 2.51. The van der Waals surface area contributed by atoms with E-state index in [9.17, 15) is 9.59 Å². The summed E-state index contributed by atoms with van der Waals surface area (Å²) < 4.78 is 16.0. The van der Waals surface area contributed by atoms with Gasteiger partial charge in [0.15, 0.2) is 0 Å². The lowest BCUT2D eigenvalue weighted by Crippen LogP contribution is -2.34. The van der Waals surface area contributed by atoms with Crippen LogP contribution in [0.5, 0.6) is 5.75 Å². The number of hydrogen-bond donors (Lipinski definition) is 1. The summed E-state index contributed by atoms with van der Waals surface area (Å²) in [5.41, 5.74) is 1.75. The number of amides is 2. The number of aryl methyl sites for hydroxylation is 1. The van der Waals surface area contributed by atoms with Gasteiger partial charge in [-0.1, -0.05) is 6.07 Å². The summed E-state index contributed by atoms with van der Waals surface area (Å²) in [5, 5.41) is 2.90. The highest BCUT2D eigenvalue weighted by atomic mass is 16.5. The van der Waals surface area contributed by atoms with Crippen LogP contribution >= 0.6 is 0 Å². The van der Waals surface area contributed by atoms with Crippen molar-refractivity contribution in [3.63, 3.8) is 0 Å². The van der Waals surface area contributed by atoms with Crippen LogP contribution in [0, 0.1) is 12.8 Å². The SMILES string of the molecule is COc1ccc(C)cc1N1CC(C(=O)NCCCOCc2ccco2)CC1=O. The number of ether oxygens (including phenoxy) is 2. The lowest BCUT2D eigenvalue weighted by Gasteiger charge is -2.20. The van der Waals surface area contributed by atoms with E-state index in [0.717, 1.165) is 11.3 Å². The molecule has 0 spiro atoms. The number of benzene rings is 1. The number of nitrogens with one attached hydrogen (secondary N) is 1. The number of nitrogens with zero attached hydrogens (tertiary/aromatic N) is 1. The number of carbonyl (C=O) groups is 2. The number of rotatable bonds is 9. The molecular weight excluding hydrogens is 360 g/mol. The maximum absolute atomic E-state index is 12.5. The Kier molecular flexibility index (Phi) is 6.71. The average molecular weight is 386 g/mol. The molecule has 150 valence electrons. The fraction of sp³-hybridized carbons (Fsp3) is 0.429. The first-order valence-electron chi connectivity index (χ1n) is 9.41. The molecule has 0 saturated carbocycles. The molecule has 1 fully saturated rings. The van der Waals surface area contributed by atoms with Crippen LogP contribution in [-0.2, 0) is 20.9 Å². The molecule has 7 nitrogen and oxygen atoms in total. The van der Waals surface area contributed by atoms with E-state index in [0.29, 0.717) is 44.2 Å². The molecule has 2 aromatic rings. The highest BCUT2D eigenvalue weighted by Crippen LogP contribution is 2.33. The predicted octanol–water partition coefficient (Wildman–Crippen LogP) is 2.67. The van der Waals surface area contributed by atoms with Crippen LogP contribution in [0.15, 0.2) is 41.0 Å². The summed E-state index contributed by atoms with van der Waals surface area (Å²) in [6, 6.07) is 9.35. The monoisotopic (exact) mass is 386 g/mol. The van der Waals surface area contributed by atoms with Crippen LogP contribution in [-0.4, -0.2) is 38.6 Å². The predicted molar refractivity (Wildman–Crippen MR) is 104 cm³/mol. The Labute approximate surface area is 164 Å². The van der Waals surface area contributed by atoms with Gasteiger partial charge in [0.25, 0.3) is 0 Å². The van der Waals surface area contributed by atoms with E-state index in [-0.39, 0.29) is 24.2 Å². The molecule has 1 N–H and O–H groups in total. The van der Waals surface area contributed by atoms with Gasteiger partial charge in [-0.25, -0.2) is 0 Å². The molecule has 3 rings (SSSR count). The maximum atomic E-state index is 12.5. The zero-order valence-electron chi connectivity index (χ0n) is 16.3. The minimum atomic E-state index is -0.359. The van der Waals surface area contributed by atoms with E-state index >= 15 is 0 Å².